The van der Waals surface area contributed by atoms with Crippen molar-refractivity contribution in [2.75, 3.05) is 4.90 Å². The van der Waals surface area contributed by atoms with Crippen molar-refractivity contribution < 1.29 is 9.59 Å². The number of anilines is 1. The van der Waals surface area contributed by atoms with Crippen molar-refractivity contribution in [2.24, 2.45) is 0 Å². The van der Waals surface area contributed by atoms with Crippen LogP contribution in [0, 0.1) is 0 Å². The van der Waals surface area contributed by atoms with Crippen LogP contribution in [0.4, 0.5) is 10.5 Å². The average molecular weight is 344 g/mol. The third-order valence-electron chi connectivity index (χ3n) is 2.87. The normalized spacial score (nSPS) is 21.7. The summed E-state index contributed by atoms with van der Waals surface area (Å²) in [5.41, 5.74) is 5.64. The van der Waals surface area contributed by atoms with Crippen LogP contribution in [0.5, 0.6) is 0 Å². The molecule has 6 nitrogen and oxygen atoms in total. The smallest absolute Gasteiger partial charge is 0.282 e. The topological polar surface area (TPSA) is 64.7 Å². The standard InChI is InChI=1S/C11H8BrClN4O2/c12-8-6(13)2-1-3-7(8)16-4-5-17-9(10(16)18)14-15-11(17)19/h1-5,9,14H,(H,15,19). The summed E-state index contributed by atoms with van der Waals surface area (Å²) in [4.78, 5) is 26.5. The van der Waals surface area contributed by atoms with E-state index in [2.05, 4.69) is 26.8 Å². The monoisotopic (exact) mass is 342 g/mol. The average Bonchev–Trinajstić information content (AvgIpc) is 2.77. The lowest BCUT2D eigenvalue weighted by Gasteiger charge is -2.30. The molecule has 1 atom stereocenters. The Bertz CT molecular complexity index is 606. The number of carbonyl (C=O) groups is 2. The molecule has 0 bridgehead atoms. The van der Waals surface area contributed by atoms with Gasteiger partial charge < -0.3 is 0 Å². The molecule has 0 spiro atoms. The number of amides is 3. The fraction of sp³-hybridized carbons (Fsp3) is 0.0909. The Kier molecular flexibility index (Phi) is 2.96. The number of nitrogens with zero attached hydrogens (tertiary/aromatic N) is 2. The lowest BCUT2D eigenvalue weighted by atomic mass is 10.2. The maximum Gasteiger partial charge on any atom is 0.337 e. The first-order chi connectivity index (χ1) is 9.09. The Balaban J connectivity index is 2.01. The first-order valence-electron chi connectivity index (χ1n) is 5.39. The predicted molar refractivity (Wildman–Crippen MR) is 73.1 cm³/mol. The summed E-state index contributed by atoms with van der Waals surface area (Å²) in [6.45, 7) is 0. The van der Waals surface area contributed by atoms with Gasteiger partial charge in [0.1, 0.15) is 0 Å². The predicted octanol–water partition coefficient (Wildman–Crippen LogP) is 1.78. The van der Waals surface area contributed by atoms with Crippen molar-refractivity contribution in [1.82, 2.24) is 15.8 Å². The number of carbonyl (C=O) groups excluding carboxylic acids is 2. The molecule has 2 heterocycles. The minimum atomic E-state index is -0.747. The van der Waals surface area contributed by atoms with Crippen molar-refractivity contribution in [3.05, 3.63) is 40.1 Å². The number of benzene rings is 1. The van der Waals surface area contributed by atoms with Crippen LogP contribution < -0.4 is 15.8 Å². The Labute approximate surface area is 122 Å². The highest BCUT2D eigenvalue weighted by Gasteiger charge is 2.40. The molecule has 1 unspecified atom stereocenters. The van der Waals surface area contributed by atoms with Gasteiger partial charge >= 0.3 is 6.03 Å². The molecule has 1 saturated heterocycles. The van der Waals surface area contributed by atoms with E-state index < -0.39 is 6.17 Å². The van der Waals surface area contributed by atoms with E-state index >= 15 is 0 Å². The molecule has 98 valence electrons. The molecule has 1 fully saturated rings. The molecule has 3 rings (SSSR count). The van der Waals surface area contributed by atoms with Gasteiger partial charge in [-0.15, -0.1) is 0 Å². The fourth-order valence-electron chi connectivity index (χ4n) is 1.94. The Morgan fingerprint density at radius 2 is 2.05 bits per heavy atom. The van der Waals surface area contributed by atoms with Gasteiger partial charge in [0.05, 0.1) is 15.2 Å². The van der Waals surface area contributed by atoms with Crippen LogP contribution in [0.3, 0.4) is 0 Å². The van der Waals surface area contributed by atoms with Crippen LogP contribution >= 0.6 is 27.5 Å². The molecule has 0 aliphatic carbocycles. The van der Waals surface area contributed by atoms with Gasteiger partial charge in [-0.05, 0) is 28.1 Å². The Morgan fingerprint density at radius 1 is 1.26 bits per heavy atom. The molecule has 19 heavy (non-hydrogen) atoms. The SMILES string of the molecule is O=C1C2NNC(=O)N2C=CN1c1cccc(Cl)c1Br. The van der Waals surface area contributed by atoms with E-state index in [4.69, 9.17) is 11.6 Å². The lowest BCUT2D eigenvalue weighted by Crippen LogP contribution is -2.51. The molecule has 2 aliphatic heterocycles. The van der Waals surface area contributed by atoms with E-state index in [-0.39, 0.29) is 11.9 Å². The number of hydrogen-bond donors (Lipinski definition) is 2. The lowest BCUT2D eigenvalue weighted by molar-refractivity contribution is -0.122. The zero-order valence-corrected chi connectivity index (χ0v) is 11.8. The summed E-state index contributed by atoms with van der Waals surface area (Å²) in [5.74, 6) is -0.274. The van der Waals surface area contributed by atoms with Crippen LogP contribution in [0.15, 0.2) is 35.1 Å². The molecule has 0 saturated carbocycles. The zero-order valence-electron chi connectivity index (χ0n) is 9.43. The van der Waals surface area contributed by atoms with Crippen LogP contribution in [0.2, 0.25) is 5.02 Å². The van der Waals surface area contributed by atoms with Gasteiger partial charge in [0.15, 0.2) is 6.17 Å². The number of hydrogen-bond acceptors (Lipinski definition) is 3. The number of urea groups is 1. The van der Waals surface area contributed by atoms with E-state index in [0.717, 1.165) is 0 Å². The van der Waals surface area contributed by atoms with Gasteiger partial charge in [0.25, 0.3) is 5.91 Å². The fourth-order valence-corrected chi connectivity index (χ4v) is 2.56. The summed E-state index contributed by atoms with van der Waals surface area (Å²) in [6.07, 6.45) is 2.32. The molecule has 3 amide bonds. The zero-order chi connectivity index (χ0) is 13.6. The highest BCUT2D eigenvalue weighted by atomic mass is 79.9. The van der Waals surface area contributed by atoms with E-state index in [1.165, 1.54) is 22.2 Å². The largest absolute Gasteiger partial charge is 0.337 e. The molecular formula is C11H8BrClN4O2. The van der Waals surface area contributed by atoms with Crippen LogP contribution in [0.25, 0.3) is 0 Å². The van der Waals surface area contributed by atoms with Crippen molar-refractivity contribution in [2.45, 2.75) is 6.17 Å². The molecule has 1 aromatic rings. The highest BCUT2D eigenvalue weighted by Crippen LogP contribution is 2.34. The third kappa shape index (κ3) is 1.90. The van der Waals surface area contributed by atoms with Crippen molar-refractivity contribution in [1.29, 1.82) is 0 Å². The van der Waals surface area contributed by atoms with Crippen LogP contribution in [-0.2, 0) is 4.79 Å². The molecular weight excluding hydrogens is 336 g/mol. The van der Waals surface area contributed by atoms with Crippen LogP contribution in [0.1, 0.15) is 0 Å². The molecule has 2 N–H and O–H groups in total. The van der Waals surface area contributed by atoms with E-state index in [1.54, 1.807) is 18.2 Å². The number of halogens is 2. The Morgan fingerprint density at radius 3 is 2.84 bits per heavy atom. The second-order valence-corrected chi connectivity index (χ2v) is 5.16. The van der Waals surface area contributed by atoms with Crippen molar-refractivity contribution in [3.8, 4) is 0 Å². The molecule has 0 aromatic heterocycles. The van der Waals surface area contributed by atoms with E-state index in [9.17, 15) is 9.59 Å². The quantitative estimate of drug-likeness (QED) is 0.817. The number of fused-ring (bicyclic) bond motifs is 1. The van der Waals surface area contributed by atoms with Gasteiger partial charge in [0, 0.05) is 12.4 Å². The van der Waals surface area contributed by atoms with Gasteiger partial charge in [-0.25, -0.2) is 10.2 Å². The van der Waals surface area contributed by atoms with Gasteiger partial charge in [-0.2, -0.15) is 0 Å². The second kappa shape index (κ2) is 4.52. The van der Waals surface area contributed by atoms with Crippen molar-refractivity contribution in [3.63, 3.8) is 0 Å². The molecule has 1 aromatic carbocycles. The first-order valence-corrected chi connectivity index (χ1v) is 6.56. The Hall–Kier alpha value is -1.57. The summed E-state index contributed by atoms with van der Waals surface area (Å²) in [5, 5.41) is 0.509. The van der Waals surface area contributed by atoms with Crippen LogP contribution in [-0.4, -0.2) is 23.0 Å². The molecule has 2 aliphatic rings. The maximum absolute atomic E-state index is 12.3. The summed E-state index contributed by atoms with van der Waals surface area (Å²) in [6, 6.07) is 4.87. The number of hydrazine groups is 1. The summed E-state index contributed by atoms with van der Waals surface area (Å²) >= 11 is 9.37. The van der Waals surface area contributed by atoms with Gasteiger partial charge in [-0.3, -0.25) is 20.0 Å². The third-order valence-corrected chi connectivity index (χ3v) is 4.24. The van der Waals surface area contributed by atoms with Gasteiger partial charge in [0.2, 0.25) is 0 Å². The summed E-state index contributed by atoms with van der Waals surface area (Å²) in [7, 11) is 0. The number of rotatable bonds is 1. The molecule has 8 heteroatoms. The van der Waals surface area contributed by atoms with Crippen molar-refractivity contribution >= 4 is 45.2 Å². The van der Waals surface area contributed by atoms with E-state index in [1.807, 2.05) is 0 Å². The summed E-state index contributed by atoms with van der Waals surface area (Å²) < 4.78 is 0.625. The highest BCUT2D eigenvalue weighted by molar-refractivity contribution is 9.10. The molecule has 0 radical (unpaired) electrons. The second-order valence-electron chi connectivity index (χ2n) is 3.96. The van der Waals surface area contributed by atoms with E-state index in [0.29, 0.717) is 15.2 Å². The minimum absolute atomic E-state index is 0.274. The number of nitrogens with one attached hydrogen (secondary N) is 2. The maximum atomic E-state index is 12.3. The van der Waals surface area contributed by atoms with Gasteiger partial charge in [-0.1, -0.05) is 17.7 Å². The first kappa shape index (κ1) is 12.5. The minimum Gasteiger partial charge on any atom is -0.282 e.